The van der Waals surface area contributed by atoms with Gasteiger partial charge in [-0.15, -0.1) is 0 Å². The Morgan fingerprint density at radius 2 is 1.59 bits per heavy atom. The van der Waals surface area contributed by atoms with Crippen LogP contribution in [0, 0.1) is 0 Å². The quantitative estimate of drug-likeness (QED) is 0.136. The predicted octanol–water partition coefficient (Wildman–Crippen LogP) is 4.53. The number of H-pyrrole nitrogens is 1. The molecule has 0 spiro atoms. The van der Waals surface area contributed by atoms with Crippen LogP contribution in [0.5, 0.6) is 0 Å². The summed E-state index contributed by atoms with van der Waals surface area (Å²) in [6, 6.07) is 26.8. The van der Waals surface area contributed by atoms with Crippen molar-refractivity contribution in [3.05, 3.63) is 119 Å². The maximum Gasteiger partial charge on any atom is 0.408 e. The second-order valence-electron chi connectivity index (χ2n) is 11.2. The summed E-state index contributed by atoms with van der Waals surface area (Å²) in [4.78, 5) is 55.2. The van der Waals surface area contributed by atoms with E-state index in [0.29, 0.717) is 10.6 Å². The lowest BCUT2D eigenvalue weighted by atomic mass is 9.90. The highest BCUT2D eigenvalue weighted by Gasteiger charge is 2.38. The summed E-state index contributed by atoms with van der Waals surface area (Å²) >= 11 is 6.05. The Morgan fingerprint density at radius 3 is 2.35 bits per heavy atom. The van der Waals surface area contributed by atoms with Crippen LogP contribution in [0.4, 0.5) is 4.79 Å². The molecule has 1 heterocycles. The van der Waals surface area contributed by atoms with E-state index in [4.69, 9.17) is 22.1 Å². The Morgan fingerprint density at radius 1 is 0.891 bits per heavy atom. The first-order chi connectivity index (χ1) is 22.1. The molecule has 1 aromatic heterocycles. The smallest absolute Gasteiger partial charge is 0.408 e. The van der Waals surface area contributed by atoms with Gasteiger partial charge >= 0.3 is 6.09 Å². The third kappa shape index (κ3) is 7.83. The van der Waals surface area contributed by atoms with Gasteiger partial charge in [-0.3, -0.25) is 14.4 Å². The molecule has 0 saturated carbocycles. The highest BCUT2D eigenvalue weighted by molar-refractivity contribution is 6.30. The molecule has 10 nitrogen and oxygen atoms in total. The zero-order valence-corrected chi connectivity index (χ0v) is 25.9. The number of hydrogen-bond donors (Lipinski definition) is 5. The molecule has 6 N–H and O–H groups in total. The van der Waals surface area contributed by atoms with Crippen LogP contribution >= 0.6 is 11.6 Å². The van der Waals surface area contributed by atoms with Crippen LogP contribution in [0.15, 0.2) is 97.2 Å². The Hall–Kier alpha value is -5.35. The molecule has 11 heteroatoms. The number of nitrogens with one attached hydrogen (secondary N) is 4. The number of hydrogen-bond acceptors (Lipinski definition) is 5. The first kappa shape index (κ1) is 32.1. The van der Waals surface area contributed by atoms with Crippen molar-refractivity contribution >= 4 is 57.1 Å². The molecule has 0 aliphatic heterocycles. The molecule has 0 aliphatic carbocycles. The number of ether oxygens (including phenoxy) is 1. The number of rotatable bonds is 12. The van der Waals surface area contributed by atoms with Gasteiger partial charge < -0.3 is 31.4 Å². The molecule has 0 fully saturated rings. The van der Waals surface area contributed by atoms with E-state index in [9.17, 15) is 19.2 Å². The summed E-state index contributed by atoms with van der Waals surface area (Å²) in [7, 11) is 0. The zero-order chi connectivity index (χ0) is 32.7. The average molecular weight is 640 g/mol. The molecule has 4 aromatic carbocycles. The zero-order valence-electron chi connectivity index (χ0n) is 25.1. The van der Waals surface area contributed by atoms with Gasteiger partial charge in [0.25, 0.3) is 0 Å². The second-order valence-corrected chi connectivity index (χ2v) is 11.7. The topological polar surface area (TPSA) is 155 Å². The van der Waals surface area contributed by atoms with Crippen LogP contribution in [-0.2, 0) is 38.6 Å². The van der Waals surface area contributed by atoms with Gasteiger partial charge in [0.1, 0.15) is 18.2 Å². The third-order valence-electron chi connectivity index (χ3n) is 7.74. The Bertz CT molecular complexity index is 1880. The summed E-state index contributed by atoms with van der Waals surface area (Å²) in [5, 5.41) is 11.4. The SMILES string of the molecule is CC(Cc1ccc(Cl)cc1)(NC(=O)[C@H](Cc1c[nH]c2ccccc12)NC(=O)OCc1cccc2ccccc12)C(=O)NCC(N)=O. The molecule has 236 valence electrons. The maximum atomic E-state index is 14.0. The van der Waals surface area contributed by atoms with Gasteiger partial charge in [-0.05, 0) is 52.6 Å². The highest BCUT2D eigenvalue weighted by atomic mass is 35.5. The van der Waals surface area contributed by atoms with E-state index >= 15 is 0 Å². The van der Waals surface area contributed by atoms with E-state index in [1.54, 1.807) is 30.5 Å². The van der Waals surface area contributed by atoms with Crippen molar-refractivity contribution in [2.45, 2.75) is 38.0 Å². The summed E-state index contributed by atoms with van der Waals surface area (Å²) in [6.45, 7) is 1.11. The van der Waals surface area contributed by atoms with E-state index in [-0.39, 0.29) is 19.4 Å². The fraction of sp³-hybridized carbons (Fsp3) is 0.200. The largest absolute Gasteiger partial charge is 0.445 e. The van der Waals surface area contributed by atoms with Crippen molar-refractivity contribution in [2.24, 2.45) is 5.73 Å². The van der Waals surface area contributed by atoms with Crippen LogP contribution in [0.25, 0.3) is 21.7 Å². The number of fused-ring (bicyclic) bond motifs is 2. The standard InChI is InChI=1S/C35H34ClN5O5/c1-35(33(44)39-20-31(37)42,18-22-13-15-26(36)16-14-22)41-32(43)30(17-25-19-38-29-12-5-4-11-28(25)29)40-34(45)46-21-24-9-6-8-23-7-2-3-10-27(23)24/h2-16,19,30,38H,17-18,20-21H2,1H3,(H2,37,42)(H,39,44)(H,40,45)(H,41,43)/t30-,35?/m0/s1. The molecule has 2 atom stereocenters. The summed E-state index contributed by atoms with van der Waals surface area (Å²) in [5.41, 5.74) is 6.89. The lowest BCUT2D eigenvalue weighted by Gasteiger charge is -2.31. The average Bonchev–Trinajstić information content (AvgIpc) is 3.46. The second kappa shape index (κ2) is 14.2. The number of carbonyl (C=O) groups is 4. The lowest BCUT2D eigenvalue weighted by Crippen LogP contribution is -2.62. The molecule has 46 heavy (non-hydrogen) atoms. The van der Waals surface area contributed by atoms with E-state index < -0.39 is 41.9 Å². The minimum absolute atomic E-state index is 0.0155. The number of carbonyl (C=O) groups excluding carboxylic acids is 4. The molecule has 0 aliphatic rings. The van der Waals surface area contributed by atoms with Crippen LogP contribution in [-0.4, -0.2) is 46.9 Å². The first-order valence-electron chi connectivity index (χ1n) is 14.7. The molecular weight excluding hydrogens is 606 g/mol. The van der Waals surface area contributed by atoms with Gasteiger partial charge in [-0.2, -0.15) is 0 Å². The first-order valence-corrected chi connectivity index (χ1v) is 15.1. The molecular formula is C35H34ClN5O5. The van der Waals surface area contributed by atoms with E-state index in [0.717, 1.165) is 32.8 Å². The third-order valence-corrected chi connectivity index (χ3v) is 7.99. The van der Waals surface area contributed by atoms with Crippen molar-refractivity contribution in [3.8, 4) is 0 Å². The van der Waals surface area contributed by atoms with Crippen molar-refractivity contribution in [1.29, 1.82) is 0 Å². The molecule has 0 radical (unpaired) electrons. The highest BCUT2D eigenvalue weighted by Crippen LogP contribution is 2.22. The van der Waals surface area contributed by atoms with Crippen molar-refractivity contribution in [1.82, 2.24) is 20.9 Å². The fourth-order valence-electron chi connectivity index (χ4n) is 5.39. The number of para-hydroxylation sites is 1. The molecule has 0 bridgehead atoms. The molecule has 0 saturated heterocycles. The normalized spacial score (nSPS) is 13.0. The van der Waals surface area contributed by atoms with Crippen molar-refractivity contribution in [3.63, 3.8) is 0 Å². The Kier molecular flexibility index (Phi) is 9.88. The number of amides is 4. The van der Waals surface area contributed by atoms with Crippen molar-refractivity contribution < 1.29 is 23.9 Å². The number of aromatic nitrogens is 1. The van der Waals surface area contributed by atoms with E-state index in [1.807, 2.05) is 66.7 Å². The van der Waals surface area contributed by atoms with Crippen LogP contribution in [0.1, 0.15) is 23.6 Å². The fourth-order valence-corrected chi connectivity index (χ4v) is 5.51. The summed E-state index contributed by atoms with van der Waals surface area (Å²) in [5.74, 6) is -1.99. The van der Waals surface area contributed by atoms with Gasteiger partial charge in [0.15, 0.2) is 0 Å². The van der Waals surface area contributed by atoms with E-state index in [1.165, 1.54) is 6.92 Å². The number of aromatic amines is 1. The Balaban J connectivity index is 1.39. The molecule has 5 aromatic rings. The predicted molar refractivity (Wildman–Crippen MR) is 177 cm³/mol. The number of benzene rings is 4. The van der Waals surface area contributed by atoms with Gasteiger partial charge in [0, 0.05) is 35.0 Å². The molecule has 1 unspecified atom stereocenters. The van der Waals surface area contributed by atoms with Crippen LogP contribution < -0.4 is 21.7 Å². The van der Waals surface area contributed by atoms with Gasteiger partial charge in [0.2, 0.25) is 17.7 Å². The number of primary amides is 1. The minimum Gasteiger partial charge on any atom is -0.445 e. The van der Waals surface area contributed by atoms with Crippen LogP contribution in [0.3, 0.4) is 0 Å². The summed E-state index contributed by atoms with van der Waals surface area (Å²) in [6.07, 6.45) is 1.14. The van der Waals surface area contributed by atoms with E-state index in [2.05, 4.69) is 20.9 Å². The monoisotopic (exact) mass is 639 g/mol. The maximum absolute atomic E-state index is 14.0. The van der Waals surface area contributed by atoms with Gasteiger partial charge in [-0.25, -0.2) is 4.79 Å². The lowest BCUT2D eigenvalue weighted by molar-refractivity contribution is -0.134. The molecule has 5 rings (SSSR count). The van der Waals surface area contributed by atoms with Crippen molar-refractivity contribution in [2.75, 3.05) is 6.54 Å². The minimum atomic E-state index is -1.53. The molecule has 4 amide bonds. The number of halogens is 1. The number of alkyl carbamates (subject to hydrolysis) is 1. The van der Waals surface area contributed by atoms with Gasteiger partial charge in [0.05, 0.1) is 6.54 Å². The number of nitrogens with two attached hydrogens (primary N) is 1. The van der Waals surface area contributed by atoms with Gasteiger partial charge in [-0.1, -0.05) is 84.4 Å². The van der Waals surface area contributed by atoms with Crippen LogP contribution in [0.2, 0.25) is 5.02 Å². The summed E-state index contributed by atoms with van der Waals surface area (Å²) < 4.78 is 5.59. The Labute approximate surface area is 270 Å².